The molecule has 2 aliphatic heterocycles. The number of rotatable bonds is 5. The molecule has 2 heterocycles. The molecule has 0 radical (unpaired) electrons. The summed E-state index contributed by atoms with van der Waals surface area (Å²) in [5, 5.41) is 6.13. The van der Waals surface area contributed by atoms with Crippen LogP contribution >= 0.6 is 11.6 Å². The smallest absolute Gasteiger partial charge is 0.325 e. The van der Waals surface area contributed by atoms with Gasteiger partial charge in [-0.15, -0.1) is 0 Å². The van der Waals surface area contributed by atoms with E-state index in [-0.39, 0.29) is 18.4 Å². The zero-order valence-electron chi connectivity index (χ0n) is 16.0. The molecule has 1 saturated carbocycles. The Labute approximate surface area is 169 Å². The van der Waals surface area contributed by atoms with Crippen molar-refractivity contribution in [3.63, 3.8) is 0 Å². The van der Waals surface area contributed by atoms with Crippen LogP contribution in [0, 0.1) is 5.92 Å². The van der Waals surface area contributed by atoms with E-state index in [4.69, 9.17) is 11.6 Å². The van der Waals surface area contributed by atoms with Gasteiger partial charge in [0.1, 0.15) is 12.1 Å². The molecule has 7 nitrogen and oxygen atoms in total. The maximum atomic E-state index is 12.7. The third kappa shape index (κ3) is 3.55. The summed E-state index contributed by atoms with van der Waals surface area (Å²) in [5.41, 5.74) is 0.640. The van der Waals surface area contributed by atoms with Crippen molar-refractivity contribution in [1.82, 2.24) is 10.2 Å². The molecule has 4 amide bonds. The largest absolute Gasteiger partial charge is 0.370 e. The zero-order chi connectivity index (χ0) is 19.9. The Morgan fingerprint density at radius 3 is 2.64 bits per heavy atom. The minimum absolute atomic E-state index is 0.163. The van der Waals surface area contributed by atoms with Gasteiger partial charge in [-0.3, -0.25) is 14.5 Å². The van der Waals surface area contributed by atoms with Gasteiger partial charge >= 0.3 is 6.03 Å². The van der Waals surface area contributed by atoms with Crippen molar-refractivity contribution in [3.8, 4) is 0 Å². The van der Waals surface area contributed by atoms with E-state index in [1.165, 1.54) is 6.42 Å². The van der Waals surface area contributed by atoms with Gasteiger partial charge in [0.15, 0.2) is 0 Å². The molecule has 1 atom stereocenters. The summed E-state index contributed by atoms with van der Waals surface area (Å²) < 4.78 is 0. The molecule has 0 bridgehead atoms. The van der Waals surface area contributed by atoms with Gasteiger partial charge < -0.3 is 15.5 Å². The van der Waals surface area contributed by atoms with Gasteiger partial charge in [-0.2, -0.15) is 0 Å². The number of nitrogens with one attached hydrogen (secondary N) is 2. The highest BCUT2D eigenvalue weighted by Gasteiger charge is 2.56. The second-order valence-corrected chi connectivity index (χ2v) is 8.49. The topological polar surface area (TPSA) is 81.8 Å². The first-order valence-corrected chi connectivity index (χ1v) is 10.2. The van der Waals surface area contributed by atoms with Crippen LogP contribution < -0.4 is 15.5 Å². The Hall–Kier alpha value is -2.28. The van der Waals surface area contributed by atoms with Crippen LogP contribution in [-0.4, -0.2) is 47.9 Å². The molecule has 1 aliphatic carbocycles. The number of imide groups is 1. The van der Waals surface area contributed by atoms with E-state index in [1.54, 1.807) is 19.1 Å². The number of anilines is 2. The lowest BCUT2D eigenvalue weighted by molar-refractivity contribution is -0.134. The quantitative estimate of drug-likeness (QED) is 0.739. The fourth-order valence-electron chi connectivity index (χ4n) is 4.15. The van der Waals surface area contributed by atoms with E-state index in [9.17, 15) is 14.4 Å². The third-order valence-corrected chi connectivity index (χ3v) is 6.16. The Bertz CT molecular complexity index is 820. The number of nitrogens with zero attached hydrogens (tertiary/aromatic N) is 2. The average Bonchev–Trinajstić information content (AvgIpc) is 3.49. The second kappa shape index (κ2) is 7.28. The van der Waals surface area contributed by atoms with Crippen molar-refractivity contribution in [2.24, 2.45) is 5.92 Å². The average molecular weight is 405 g/mol. The highest BCUT2D eigenvalue weighted by atomic mass is 35.5. The van der Waals surface area contributed by atoms with Crippen LogP contribution in [0.1, 0.15) is 39.0 Å². The molecule has 1 unspecified atom stereocenters. The number of carbonyl (C=O) groups is 3. The molecule has 150 valence electrons. The number of benzene rings is 1. The molecular formula is C20H25ClN4O3. The van der Waals surface area contributed by atoms with Gasteiger partial charge in [0.25, 0.3) is 5.91 Å². The first-order valence-electron chi connectivity index (χ1n) is 9.87. The lowest BCUT2D eigenvalue weighted by Gasteiger charge is -2.30. The van der Waals surface area contributed by atoms with Gasteiger partial charge in [-0.05, 0) is 63.1 Å². The maximum absolute atomic E-state index is 12.7. The van der Waals surface area contributed by atoms with E-state index in [0.717, 1.165) is 49.4 Å². The van der Waals surface area contributed by atoms with Gasteiger partial charge in [0, 0.05) is 18.1 Å². The van der Waals surface area contributed by atoms with Crippen LogP contribution in [0.5, 0.6) is 0 Å². The number of piperidine rings is 1. The normalized spacial score (nSPS) is 25.1. The summed E-state index contributed by atoms with van der Waals surface area (Å²) in [7, 11) is 0. The number of amides is 4. The predicted octanol–water partition coefficient (Wildman–Crippen LogP) is 2.99. The molecule has 1 aromatic rings. The maximum Gasteiger partial charge on any atom is 0.325 e. The van der Waals surface area contributed by atoms with Crippen molar-refractivity contribution in [3.05, 3.63) is 23.2 Å². The molecule has 4 rings (SSSR count). The molecule has 2 saturated heterocycles. The monoisotopic (exact) mass is 404 g/mol. The first-order chi connectivity index (χ1) is 13.4. The highest BCUT2D eigenvalue weighted by Crippen LogP contribution is 2.42. The molecule has 0 spiro atoms. The van der Waals surface area contributed by atoms with E-state index < -0.39 is 17.5 Å². The third-order valence-electron chi connectivity index (χ3n) is 5.93. The molecule has 2 N–H and O–H groups in total. The Morgan fingerprint density at radius 2 is 1.96 bits per heavy atom. The van der Waals surface area contributed by atoms with E-state index in [0.29, 0.717) is 10.7 Å². The highest BCUT2D eigenvalue weighted by molar-refractivity contribution is 6.31. The van der Waals surface area contributed by atoms with Crippen molar-refractivity contribution >= 4 is 40.8 Å². The van der Waals surface area contributed by atoms with Crippen molar-refractivity contribution < 1.29 is 14.4 Å². The number of carbonyl (C=O) groups excluding carboxylic acids is 3. The summed E-state index contributed by atoms with van der Waals surface area (Å²) in [6, 6.07) is 4.92. The summed E-state index contributed by atoms with van der Waals surface area (Å²) in [5.74, 6) is -0.572. The Balaban J connectivity index is 1.47. The molecule has 0 aromatic heterocycles. The zero-order valence-corrected chi connectivity index (χ0v) is 16.7. The predicted molar refractivity (Wildman–Crippen MR) is 108 cm³/mol. The van der Waals surface area contributed by atoms with Gasteiger partial charge in [-0.1, -0.05) is 11.6 Å². The fourth-order valence-corrected chi connectivity index (χ4v) is 4.32. The minimum Gasteiger partial charge on any atom is -0.370 e. The van der Waals surface area contributed by atoms with Gasteiger partial charge in [-0.25, -0.2) is 4.79 Å². The second-order valence-electron chi connectivity index (χ2n) is 8.06. The molecule has 3 aliphatic rings. The van der Waals surface area contributed by atoms with Crippen LogP contribution in [0.3, 0.4) is 0 Å². The van der Waals surface area contributed by atoms with Crippen LogP contribution in [0.15, 0.2) is 18.2 Å². The summed E-state index contributed by atoms with van der Waals surface area (Å²) in [6.07, 6.45) is 5.27. The van der Waals surface area contributed by atoms with E-state index in [2.05, 4.69) is 15.5 Å². The SMILES string of the molecule is CC1(C2CC2)NC(=O)N(CC(=O)Nc2cc(Cl)ccc2N2CCCCC2)C1=O. The Morgan fingerprint density at radius 1 is 1.25 bits per heavy atom. The lowest BCUT2D eigenvalue weighted by Crippen LogP contribution is -2.46. The number of hydrogen-bond donors (Lipinski definition) is 2. The fraction of sp³-hybridized carbons (Fsp3) is 0.550. The molecule has 1 aromatic carbocycles. The van der Waals surface area contributed by atoms with Crippen LogP contribution in [0.4, 0.5) is 16.2 Å². The van der Waals surface area contributed by atoms with E-state index >= 15 is 0 Å². The van der Waals surface area contributed by atoms with Crippen LogP contribution in [0.2, 0.25) is 5.02 Å². The molecular weight excluding hydrogens is 380 g/mol. The summed E-state index contributed by atoms with van der Waals surface area (Å²) >= 11 is 6.14. The summed E-state index contributed by atoms with van der Waals surface area (Å²) in [4.78, 5) is 40.9. The van der Waals surface area contributed by atoms with E-state index in [1.807, 2.05) is 6.07 Å². The van der Waals surface area contributed by atoms with Gasteiger partial charge in [0.05, 0.1) is 11.4 Å². The summed E-state index contributed by atoms with van der Waals surface area (Å²) in [6.45, 7) is 3.29. The van der Waals surface area contributed by atoms with Crippen LogP contribution in [0.25, 0.3) is 0 Å². The first kappa shape index (κ1) is 19.1. The Kier molecular flexibility index (Phi) is 4.95. The molecule has 8 heteroatoms. The van der Waals surface area contributed by atoms with Crippen molar-refractivity contribution in [1.29, 1.82) is 0 Å². The van der Waals surface area contributed by atoms with Gasteiger partial charge in [0.2, 0.25) is 5.91 Å². The minimum atomic E-state index is -0.883. The number of hydrogen-bond acceptors (Lipinski definition) is 4. The molecule has 3 fully saturated rings. The van der Waals surface area contributed by atoms with Crippen LogP contribution in [-0.2, 0) is 9.59 Å². The molecule has 28 heavy (non-hydrogen) atoms. The number of urea groups is 1. The standard InChI is InChI=1S/C20H25ClN4O3/c1-20(13-5-6-13)18(27)25(19(28)23-20)12-17(26)22-15-11-14(21)7-8-16(15)24-9-3-2-4-10-24/h7-8,11,13H,2-6,9-10,12H2,1H3,(H,22,26)(H,23,28). The van der Waals surface area contributed by atoms with Crippen molar-refractivity contribution in [2.75, 3.05) is 29.9 Å². The number of halogens is 1. The van der Waals surface area contributed by atoms with Crippen molar-refractivity contribution in [2.45, 2.75) is 44.6 Å². The lowest BCUT2D eigenvalue weighted by atomic mass is 9.96.